The van der Waals surface area contributed by atoms with Crippen LogP contribution in [0.15, 0.2) is 24.5 Å². The van der Waals surface area contributed by atoms with Gasteiger partial charge in [-0.1, -0.05) is 13.3 Å². The number of hydrogen-bond donors (Lipinski definition) is 2. The van der Waals surface area contributed by atoms with Crippen LogP contribution >= 0.6 is 0 Å². The van der Waals surface area contributed by atoms with Crippen LogP contribution in [0, 0.1) is 0 Å². The Morgan fingerprint density at radius 3 is 2.50 bits per heavy atom. The second-order valence-corrected chi connectivity index (χ2v) is 4.50. The normalized spacial score (nSPS) is 11.7. The highest BCUT2D eigenvalue weighted by Crippen LogP contribution is 2.05. The van der Waals surface area contributed by atoms with E-state index < -0.39 is 12.0 Å². The van der Waals surface area contributed by atoms with E-state index in [-0.39, 0.29) is 6.03 Å². The molecular formula is C14H21N3O3. The Hall–Kier alpha value is -2.11. The Morgan fingerprint density at radius 1 is 1.35 bits per heavy atom. The average molecular weight is 279 g/mol. The fraction of sp³-hybridized carbons (Fsp3) is 0.500. The minimum atomic E-state index is -1.000. The van der Waals surface area contributed by atoms with E-state index in [1.165, 1.54) is 0 Å². The van der Waals surface area contributed by atoms with Crippen LogP contribution in [0.25, 0.3) is 0 Å². The van der Waals surface area contributed by atoms with Gasteiger partial charge in [0.15, 0.2) is 0 Å². The summed E-state index contributed by atoms with van der Waals surface area (Å²) in [4.78, 5) is 28.6. The molecule has 0 aliphatic rings. The van der Waals surface area contributed by atoms with E-state index in [0.717, 1.165) is 5.56 Å². The van der Waals surface area contributed by atoms with Gasteiger partial charge in [0.2, 0.25) is 0 Å². The summed E-state index contributed by atoms with van der Waals surface area (Å²) >= 11 is 0. The van der Waals surface area contributed by atoms with Crippen LogP contribution in [0.3, 0.4) is 0 Å². The molecule has 0 saturated heterocycles. The standard InChI is InChI=1S/C14H21N3O3/c1-3-5-12(13(18)19)16-14(20)17(4-2)10-11-6-8-15-9-7-11/h6-9,12H,3-5,10H2,1-2H3,(H,16,20)(H,18,19). The highest BCUT2D eigenvalue weighted by molar-refractivity contribution is 5.82. The van der Waals surface area contributed by atoms with Crippen molar-refractivity contribution in [2.24, 2.45) is 0 Å². The van der Waals surface area contributed by atoms with Gasteiger partial charge in [-0.3, -0.25) is 4.98 Å². The minimum Gasteiger partial charge on any atom is -0.480 e. The largest absolute Gasteiger partial charge is 0.480 e. The first-order valence-electron chi connectivity index (χ1n) is 6.75. The smallest absolute Gasteiger partial charge is 0.326 e. The van der Waals surface area contributed by atoms with E-state index in [4.69, 9.17) is 5.11 Å². The van der Waals surface area contributed by atoms with Gasteiger partial charge < -0.3 is 15.3 Å². The van der Waals surface area contributed by atoms with Crippen molar-refractivity contribution in [2.45, 2.75) is 39.3 Å². The number of urea groups is 1. The monoisotopic (exact) mass is 279 g/mol. The van der Waals surface area contributed by atoms with E-state index in [0.29, 0.717) is 25.9 Å². The lowest BCUT2D eigenvalue weighted by Gasteiger charge is -2.24. The first kappa shape index (κ1) is 15.9. The zero-order valence-corrected chi connectivity index (χ0v) is 11.9. The quantitative estimate of drug-likeness (QED) is 0.798. The van der Waals surface area contributed by atoms with Gasteiger partial charge in [0, 0.05) is 25.5 Å². The number of pyridine rings is 1. The number of aromatic nitrogens is 1. The predicted molar refractivity (Wildman–Crippen MR) is 75.2 cm³/mol. The molecule has 0 aliphatic heterocycles. The Morgan fingerprint density at radius 2 is 2.00 bits per heavy atom. The molecule has 0 saturated carbocycles. The molecule has 6 nitrogen and oxygen atoms in total. The summed E-state index contributed by atoms with van der Waals surface area (Å²) in [7, 11) is 0. The molecule has 2 N–H and O–H groups in total. The summed E-state index contributed by atoms with van der Waals surface area (Å²) in [5.41, 5.74) is 0.958. The van der Waals surface area contributed by atoms with Gasteiger partial charge in [-0.25, -0.2) is 9.59 Å². The molecule has 1 aromatic rings. The minimum absolute atomic E-state index is 0.356. The number of aliphatic carboxylic acids is 1. The van der Waals surface area contributed by atoms with Crippen LogP contribution in [0.2, 0.25) is 0 Å². The van der Waals surface area contributed by atoms with Crippen molar-refractivity contribution in [3.63, 3.8) is 0 Å². The van der Waals surface area contributed by atoms with Gasteiger partial charge in [-0.2, -0.15) is 0 Å². The van der Waals surface area contributed by atoms with Crippen molar-refractivity contribution < 1.29 is 14.7 Å². The fourth-order valence-electron chi connectivity index (χ4n) is 1.82. The highest BCUT2D eigenvalue weighted by atomic mass is 16.4. The Balaban J connectivity index is 2.64. The van der Waals surface area contributed by atoms with Gasteiger partial charge in [0.25, 0.3) is 0 Å². The number of amides is 2. The van der Waals surface area contributed by atoms with Crippen molar-refractivity contribution in [3.8, 4) is 0 Å². The van der Waals surface area contributed by atoms with Gasteiger partial charge >= 0.3 is 12.0 Å². The topological polar surface area (TPSA) is 82.5 Å². The summed E-state index contributed by atoms with van der Waals surface area (Å²) in [6.07, 6.45) is 4.46. The SMILES string of the molecule is CCCC(NC(=O)N(CC)Cc1ccncc1)C(=O)O. The van der Waals surface area contributed by atoms with Gasteiger partial charge in [-0.05, 0) is 31.0 Å². The van der Waals surface area contributed by atoms with Crippen LogP contribution in [-0.4, -0.2) is 39.6 Å². The number of carbonyl (C=O) groups is 2. The van der Waals surface area contributed by atoms with Crippen molar-refractivity contribution in [2.75, 3.05) is 6.54 Å². The lowest BCUT2D eigenvalue weighted by atomic mass is 10.2. The highest BCUT2D eigenvalue weighted by Gasteiger charge is 2.21. The molecule has 20 heavy (non-hydrogen) atoms. The van der Waals surface area contributed by atoms with Crippen LogP contribution in [-0.2, 0) is 11.3 Å². The lowest BCUT2D eigenvalue weighted by molar-refractivity contribution is -0.139. The molecule has 1 heterocycles. The van der Waals surface area contributed by atoms with E-state index in [1.807, 2.05) is 26.0 Å². The van der Waals surface area contributed by atoms with Crippen LogP contribution in [0.1, 0.15) is 32.3 Å². The summed E-state index contributed by atoms with van der Waals surface area (Å²) < 4.78 is 0. The Kier molecular flexibility index (Phi) is 6.49. The molecule has 1 atom stereocenters. The van der Waals surface area contributed by atoms with E-state index in [9.17, 15) is 9.59 Å². The third-order valence-electron chi connectivity index (χ3n) is 2.96. The zero-order chi connectivity index (χ0) is 15.0. The lowest BCUT2D eigenvalue weighted by Crippen LogP contribution is -2.47. The molecule has 2 amide bonds. The fourth-order valence-corrected chi connectivity index (χ4v) is 1.82. The second kappa shape index (κ2) is 8.14. The molecular weight excluding hydrogens is 258 g/mol. The molecule has 0 aliphatic carbocycles. The zero-order valence-electron chi connectivity index (χ0n) is 11.9. The molecule has 110 valence electrons. The van der Waals surface area contributed by atoms with Gasteiger partial charge in [0.1, 0.15) is 6.04 Å². The molecule has 1 unspecified atom stereocenters. The first-order valence-corrected chi connectivity index (χ1v) is 6.75. The summed E-state index contributed by atoms with van der Waals surface area (Å²) in [5, 5.41) is 11.6. The Labute approximate surface area is 118 Å². The van der Waals surface area contributed by atoms with Crippen molar-refractivity contribution >= 4 is 12.0 Å². The van der Waals surface area contributed by atoms with Crippen molar-refractivity contribution in [1.82, 2.24) is 15.2 Å². The molecule has 0 fully saturated rings. The third kappa shape index (κ3) is 4.87. The second-order valence-electron chi connectivity index (χ2n) is 4.50. The van der Waals surface area contributed by atoms with Gasteiger partial charge in [0.05, 0.1) is 0 Å². The molecule has 0 bridgehead atoms. The maximum Gasteiger partial charge on any atom is 0.326 e. The number of nitrogens with one attached hydrogen (secondary N) is 1. The number of carbonyl (C=O) groups excluding carboxylic acids is 1. The molecule has 1 aromatic heterocycles. The predicted octanol–water partition coefficient (Wildman–Crippen LogP) is 1.87. The molecule has 0 spiro atoms. The number of carboxylic acid groups (broad SMARTS) is 1. The van der Waals surface area contributed by atoms with E-state index in [2.05, 4.69) is 10.3 Å². The molecule has 0 radical (unpaired) electrons. The van der Waals surface area contributed by atoms with E-state index in [1.54, 1.807) is 17.3 Å². The third-order valence-corrected chi connectivity index (χ3v) is 2.96. The molecule has 6 heteroatoms. The maximum absolute atomic E-state index is 12.1. The summed E-state index contributed by atoms with van der Waals surface area (Å²) in [6.45, 7) is 4.68. The Bertz CT molecular complexity index is 437. The average Bonchev–Trinajstić information content (AvgIpc) is 2.45. The number of hydrogen-bond acceptors (Lipinski definition) is 3. The molecule has 0 aromatic carbocycles. The number of nitrogens with zero attached hydrogens (tertiary/aromatic N) is 2. The van der Waals surface area contributed by atoms with Crippen LogP contribution in [0.4, 0.5) is 4.79 Å². The summed E-state index contributed by atoms with van der Waals surface area (Å²) in [5.74, 6) is -1.000. The number of rotatable bonds is 7. The molecule has 1 rings (SSSR count). The number of carboxylic acids is 1. The van der Waals surface area contributed by atoms with Crippen molar-refractivity contribution in [1.29, 1.82) is 0 Å². The van der Waals surface area contributed by atoms with Gasteiger partial charge in [-0.15, -0.1) is 0 Å². The van der Waals surface area contributed by atoms with Crippen LogP contribution in [0.5, 0.6) is 0 Å². The maximum atomic E-state index is 12.1. The van der Waals surface area contributed by atoms with Crippen molar-refractivity contribution in [3.05, 3.63) is 30.1 Å². The van der Waals surface area contributed by atoms with E-state index >= 15 is 0 Å². The first-order chi connectivity index (χ1) is 9.58. The summed E-state index contributed by atoms with van der Waals surface area (Å²) in [6, 6.07) is 2.47. The van der Waals surface area contributed by atoms with Crippen LogP contribution < -0.4 is 5.32 Å².